The number of nitro groups is 1. The molecular formula is C13H20N2O4. The van der Waals surface area contributed by atoms with Crippen LogP contribution in [0.15, 0.2) is 24.3 Å². The fourth-order valence-corrected chi connectivity index (χ4v) is 1.33. The highest BCUT2D eigenvalue weighted by molar-refractivity contribution is 5.66. The molecule has 0 N–H and O–H groups in total. The third-order valence-corrected chi connectivity index (χ3v) is 2.37. The normalized spacial score (nSPS) is 9.05. The molecule has 1 rings (SSSR count). The first-order valence-electron chi connectivity index (χ1n) is 6.07. The van der Waals surface area contributed by atoms with E-state index in [2.05, 4.69) is 4.74 Å². The Kier molecular flexibility index (Phi) is 7.92. The quantitative estimate of drug-likeness (QED) is 0.621. The maximum atomic E-state index is 11.1. The van der Waals surface area contributed by atoms with Crippen molar-refractivity contribution >= 4 is 11.8 Å². The molecule has 0 saturated heterocycles. The second-order valence-electron chi connectivity index (χ2n) is 3.57. The summed E-state index contributed by atoms with van der Waals surface area (Å²) in [6, 6.07) is 6.27. The predicted octanol–water partition coefficient (Wildman–Crippen LogP) is 2.86. The first-order chi connectivity index (χ1) is 9.04. The molecule has 106 valence electrons. The van der Waals surface area contributed by atoms with E-state index in [0.717, 1.165) is 5.56 Å². The molecule has 0 aliphatic rings. The van der Waals surface area contributed by atoms with Crippen LogP contribution in [0.1, 0.15) is 19.4 Å². The van der Waals surface area contributed by atoms with Crippen LogP contribution in [0.25, 0.3) is 0 Å². The first-order valence-corrected chi connectivity index (χ1v) is 6.07. The fraction of sp³-hybridized carbons (Fsp3) is 0.462. The van der Waals surface area contributed by atoms with Crippen LogP contribution in [0.4, 0.5) is 10.5 Å². The topological polar surface area (TPSA) is 72.7 Å². The molecule has 1 amide bonds. The zero-order valence-electron chi connectivity index (χ0n) is 11.8. The summed E-state index contributed by atoms with van der Waals surface area (Å²) in [6.45, 7) is 4.50. The second-order valence-corrected chi connectivity index (χ2v) is 3.57. The van der Waals surface area contributed by atoms with E-state index in [4.69, 9.17) is 0 Å². The van der Waals surface area contributed by atoms with Crippen LogP contribution in [0.2, 0.25) is 0 Å². The van der Waals surface area contributed by atoms with E-state index in [-0.39, 0.29) is 5.69 Å². The first kappa shape index (κ1) is 16.9. The minimum Gasteiger partial charge on any atom is -0.453 e. The molecule has 0 aliphatic heterocycles. The maximum Gasteiger partial charge on any atom is 0.409 e. The zero-order valence-corrected chi connectivity index (χ0v) is 11.8. The van der Waals surface area contributed by atoms with Gasteiger partial charge in [-0.1, -0.05) is 26.0 Å². The summed E-state index contributed by atoms with van der Waals surface area (Å²) in [6.07, 6.45) is 0.232. The average Bonchev–Trinajstić information content (AvgIpc) is 2.46. The van der Waals surface area contributed by atoms with Crippen molar-refractivity contribution < 1.29 is 14.5 Å². The molecule has 0 spiro atoms. The average molecular weight is 268 g/mol. The minimum atomic E-state index is -0.440. The maximum absolute atomic E-state index is 11.1. The van der Waals surface area contributed by atoms with E-state index < -0.39 is 11.0 Å². The summed E-state index contributed by atoms with van der Waals surface area (Å²) >= 11 is 0. The van der Waals surface area contributed by atoms with E-state index in [0.29, 0.717) is 13.0 Å². The lowest BCUT2D eigenvalue weighted by molar-refractivity contribution is -0.384. The summed E-state index contributed by atoms with van der Waals surface area (Å²) in [5.74, 6) is 0. The third-order valence-electron chi connectivity index (χ3n) is 2.37. The van der Waals surface area contributed by atoms with Gasteiger partial charge in [0.05, 0.1) is 12.0 Å². The van der Waals surface area contributed by atoms with E-state index in [1.807, 2.05) is 13.8 Å². The summed E-state index contributed by atoms with van der Waals surface area (Å²) in [5, 5.41) is 10.4. The van der Waals surface area contributed by atoms with E-state index in [9.17, 15) is 14.9 Å². The lowest BCUT2D eigenvalue weighted by atomic mass is 10.1. The van der Waals surface area contributed by atoms with Gasteiger partial charge in [-0.05, 0) is 12.0 Å². The molecule has 0 radical (unpaired) electrons. The lowest BCUT2D eigenvalue weighted by Crippen LogP contribution is -2.28. The van der Waals surface area contributed by atoms with Crippen LogP contribution >= 0.6 is 0 Å². The van der Waals surface area contributed by atoms with Gasteiger partial charge in [0.2, 0.25) is 0 Å². The molecule has 0 fully saturated rings. The number of carbonyl (C=O) groups excluding carboxylic acids is 1. The summed E-state index contributed by atoms with van der Waals surface area (Å²) < 4.78 is 4.55. The predicted molar refractivity (Wildman–Crippen MR) is 73.2 cm³/mol. The number of likely N-dealkylation sites (N-methyl/N-ethyl adjacent to an activating group) is 1. The fourth-order valence-electron chi connectivity index (χ4n) is 1.33. The highest BCUT2D eigenvalue weighted by Gasteiger charge is 2.08. The molecule has 0 heterocycles. The lowest BCUT2D eigenvalue weighted by Gasteiger charge is -2.14. The molecule has 0 aromatic heterocycles. The Morgan fingerprint density at radius 1 is 1.32 bits per heavy atom. The van der Waals surface area contributed by atoms with Crippen molar-refractivity contribution in [3.8, 4) is 0 Å². The van der Waals surface area contributed by atoms with Crippen molar-refractivity contribution in [3.63, 3.8) is 0 Å². The van der Waals surface area contributed by atoms with Crippen LogP contribution in [-0.4, -0.2) is 36.6 Å². The Morgan fingerprint density at radius 2 is 1.84 bits per heavy atom. The van der Waals surface area contributed by atoms with Gasteiger partial charge in [-0.3, -0.25) is 10.1 Å². The van der Waals surface area contributed by atoms with Crippen molar-refractivity contribution in [2.45, 2.75) is 20.3 Å². The SMILES string of the molecule is CC.COC(=O)N(C)CCc1ccc([N+](=O)[O-])cc1. The van der Waals surface area contributed by atoms with Gasteiger partial charge in [-0.15, -0.1) is 0 Å². The Hall–Kier alpha value is -2.11. The monoisotopic (exact) mass is 268 g/mol. The van der Waals surface area contributed by atoms with Gasteiger partial charge in [0.25, 0.3) is 5.69 Å². The second kappa shape index (κ2) is 8.91. The molecule has 0 saturated carbocycles. The Bertz CT molecular complexity index is 404. The Balaban J connectivity index is 0.00000154. The van der Waals surface area contributed by atoms with Gasteiger partial charge in [-0.2, -0.15) is 0 Å². The molecular weight excluding hydrogens is 248 g/mol. The van der Waals surface area contributed by atoms with Gasteiger partial charge in [-0.25, -0.2) is 4.79 Å². The molecule has 19 heavy (non-hydrogen) atoms. The van der Waals surface area contributed by atoms with Crippen molar-refractivity contribution in [1.29, 1.82) is 0 Å². The molecule has 0 aliphatic carbocycles. The number of nitro benzene ring substituents is 1. The summed E-state index contributed by atoms with van der Waals surface area (Å²) in [7, 11) is 2.96. The van der Waals surface area contributed by atoms with Crippen LogP contribution < -0.4 is 0 Å². The van der Waals surface area contributed by atoms with Gasteiger partial charge >= 0.3 is 6.09 Å². The van der Waals surface area contributed by atoms with Crippen LogP contribution in [0.5, 0.6) is 0 Å². The largest absolute Gasteiger partial charge is 0.453 e. The van der Waals surface area contributed by atoms with Crippen LogP contribution in [-0.2, 0) is 11.2 Å². The van der Waals surface area contributed by atoms with Crippen LogP contribution in [0.3, 0.4) is 0 Å². The Labute approximate surface area is 113 Å². The molecule has 6 heteroatoms. The van der Waals surface area contributed by atoms with Crippen molar-refractivity contribution in [1.82, 2.24) is 4.90 Å². The standard InChI is InChI=1S/C11H14N2O4.C2H6/c1-12(11(14)17-2)8-7-9-3-5-10(6-4-9)13(15)16;1-2/h3-6H,7-8H2,1-2H3;1-2H3. The van der Waals surface area contributed by atoms with Crippen molar-refractivity contribution in [2.75, 3.05) is 20.7 Å². The summed E-state index contributed by atoms with van der Waals surface area (Å²) in [4.78, 5) is 22.5. The number of nitrogens with zero attached hydrogens (tertiary/aromatic N) is 2. The number of benzene rings is 1. The number of amides is 1. The molecule has 1 aromatic rings. The summed E-state index contributed by atoms with van der Waals surface area (Å²) in [5.41, 5.74) is 1.00. The smallest absolute Gasteiger partial charge is 0.409 e. The molecule has 0 unspecified atom stereocenters. The molecule has 6 nitrogen and oxygen atoms in total. The minimum absolute atomic E-state index is 0.0649. The highest BCUT2D eigenvalue weighted by Crippen LogP contribution is 2.12. The van der Waals surface area contributed by atoms with E-state index >= 15 is 0 Å². The van der Waals surface area contributed by atoms with Gasteiger partial charge in [0.1, 0.15) is 0 Å². The van der Waals surface area contributed by atoms with Gasteiger partial charge in [0, 0.05) is 25.7 Å². The Morgan fingerprint density at radius 3 is 2.26 bits per heavy atom. The number of ether oxygens (including phenoxy) is 1. The van der Waals surface area contributed by atoms with Crippen LogP contribution in [0, 0.1) is 10.1 Å². The number of hydrogen-bond acceptors (Lipinski definition) is 4. The number of hydrogen-bond donors (Lipinski definition) is 0. The number of carbonyl (C=O) groups is 1. The molecule has 1 aromatic carbocycles. The van der Waals surface area contributed by atoms with Crippen molar-refractivity contribution in [2.24, 2.45) is 0 Å². The molecule has 0 bridgehead atoms. The third kappa shape index (κ3) is 5.85. The van der Waals surface area contributed by atoms with Crippen molar-refractivity contribution in [3.05, 3.63) is 39.9 Å². The van der Waals surface area contributed by atoms with E-state index in [1.54, 1.807) is 19.2 Å². The number of methoxy groups -OCH3 is 1. The number of non-ortho nitro benzene ring substituents is 1. The number of rotatable bonds is 4. The molecule has 0 atom stereocenters. The van der Waals surface area contributed by atoms with Gasteiger partial charge in [0.15, 0.2) is 0 Å². The van der Waals surface area contributed by atoms with Gasteiger partial charge < -0.3 is 9.64 Å². The highest BCUT2D eigenvalue weighted by atomic mass is 16.6. The van der Waals surface area contributed by atoms with E-state index in [1.165, 1.54) is 24.1 Å². The zero-order chi connectivity index (χ0) is 14.8.